The van der Waals surface area contributed by atoms with Crippen LogP contribution in [0.2, 0.25) is 0 Å². The highest BCUT2D eigenvalue weighted by Gasteiger charge is 2.34. The lowest BCUT2D eigenvalue weighted by atomic mass is 9.94. The molecular weight excluding hydrogens is 398 g/mol. The predicted octanol–water partition coefficient (Wildman–Crippen LogP) is 3.77. The Labute approximate surface area is 157 Å². The van der Waals surface area contributed by atoms with Crippen molar-refractivity contribution in [1.29, 1.82) is 0 Å². The molecule has 130 valence electrons. The van der Waals surface area contributed by atoms with Crippen LogP contribution in [0.4, 0.5) is 5.69 Å². The first-order valence-corrected chi connectivity index (χ1v) is 8.85. The first-order valence-electron chi connectivity index (χ1n) is 8.05. The quantitative estimate of drug-likeness (QED) is 0.663. The molecule has 0 saturated carbocycles. The van der Waals surface area contributed by atoms with Crippen LogP contribution in [0.3, 0.4) is 0 Å². The van der Waals surface area contributed by atoms with Gasteiger partial charge in [0.1, 0.15) is 12.4 Å². The van der Waals surface area contributed by atoms with Crippen molar-refractivity contribution in [2.45, 2.75) is 0 Å². The number of aliphatic hydroxyl groups is 1. The average Bonchev–Trinajstić information content (AvgIpc) is 2.66. The van der Waals surface area contributed by atoms with E-state index in [1.54, 1.807) is 36.4 Å². The first kappa shape index (κ1) is 16.8. The molecule has 0 spiro atoms. The number of imide groups is 1. The van der Waals surface area contributed by atoms with E-state index < -0.39 is 0 Å². The van der Waals surface area contributed by atoms with E-state index in [1.807, 2.05) is 18.2 Å². The number of aliphatic hydroxyl groups excluding tert-OH is 1. The third-order valence-electron chi connectivity index (χ3n) is 4.31. The van der Waals surface area contributed by atoms with Gasteiger partial charge >= 0.3 is 0 Å². The minimum atomic E-state index is -0.352. The van der Waals surface area contributed by atoms with E-state index in [9.17, 15) is 9.59 Å². The number of ether oxygens (including phenoxy) is 1. The van der Waals surface area contributed by atoms with E-state index in [4.69, 9.17) is 9.84 Å². The number of amides is 2. The second-order valence-corrected chi connectivity index (χ2v) is 6.69. The van der Waals surface area contributed by atoms with Gasteiger partial charge in [0.15, 0.2) is 0 Å². The van der Waals surface area contributed by atoms with E-state index in [0.29, 0.717) is 28.0 Å². The summed E-state index contributed by atoms with van der Waals surface area (Å²) >= 11 is 3.48. The maximum absolute atomic E-state index is 13.0. The summed E-state index contributed by atoms with van der Waals surface area (Å²) in [5.74, 6) is -0.142. The number of anilines is 1. The third kappa shape index (κ3) is 2.58. The summed E-state index contributed by atoms with van der Waals surface area (Å²) < 4.78 is 6.17. The van der Waals surface area contributed by atoms with Crippen LogP contribution < -0.4 is 9.64 Å². The van der Waals surface area contributed by atoms with E-state index >= 15 is 0 Å². The summed E-state index contributed by atoms with van der Waals surface area (Å²) in [6.07, 6.45) is 0. The minimum absolute atomic E-state index is 0.0821. The lowest BCUT2D eigenvalue weighted by Crippen LogP contribution is -2.40. The number of nitrogens with zero attached hydrogens (tertiary/aromatic N) is 1. The van der Waals surface area contributed by atoms with Gasteiger partial charge in [0.05, 0.1) is 12.3 Å². The average molecular weight is 412 g/mol. The third-order valence-corrected chi connectivity index (χ3v) is 5.00. The monoisotopic (exact) mass is 411 g/mol. The van der Waals surface area contributed by atoms with Crippen molar-refractivity contribution in [1.82, 2.24) is 0 Å². The summed E-state index contributed by atoms with van der Waals surface area (Å²) in [6.45, 7) is 0.104. The highest BCUT2D eigenvalue weighted by Crippen LogP contribution is 2.36. The van der Waals surface area contributed by atoms with Gasteiger partial charge in [-0.15, -0.1) is 0 Å². The molecule has 4 rings (SSSR count). The molecule has 1 aliphatic rings. The van der Waals surface area contributed by atoms with Crippen LogP contribution >= 0.6 is 15.9 Å². The Morgan fingerprint density at radius 3 is 2.31 bits per heavy atom. The molecule has 1 aliphatic heterocycles. The van der Waals surface area contributed by atoms with Crippen molar-refractivity contribution in [2.24, 2.45) is 0 Å². The van der Waals surface area contributed by atoms with Gasteiger partial charge in [-0.3, -0.25) is 9.59 Å². The van der Waals surface area contributed by atoms with Crippen LogP contribution in [0, 0.1) is 0 Å². The lowest BCUT2D eigenvalue weighted by Gasteiger charge is -2.27. The number of rotatable bonds is 4. The van der Waals surface area contributed by atoms with Crippen LogP contribution in [0.5, 0.6) is 5.75 Å². The molecule has 1 N–H and O–H groups in total. The zero-order chi connectivity index (χ0) is 18.3. The fourth-order valence-electron chi connectivity index (χ4n) is 3.15. The maximum atomic E-state index is 13.0. The number of hydrogen-bond acceptors (Lipinski definition) is 4. The second kappa shape index (κ2) is 6.55. The second-order valence-electron chi connectivity index (χ2n) is 5.83. The van der Waals surface area contributed by atoms with Crippen LogP contribution in [0.15, 0.2) is 59.1 Å². The van der Waals surface area contributed by atoms with E-state index in [-0.39, 0.29) is 25.0 Å². The zero-order valence-electron chi connectivity index (χ0n) is 13.6. The summed E-state index contributed by atoms with van der Waals surface area (Å²) in [6, 6.07) is 15.6. The minimum Gasteiger partial charge on any atom is -0.491 e. The molecule has 2 amide bonds. The SMILES string of the molecule is O=C1c2cccc3c(Br)ccc(c23)C(=O)N1c1ccc(OCCO)cc1. The molecule has 0 aromatic heterocycles. The zero-order valence-corrected chi connectivity index (χ0v) is 15.2. The van der Waals surface area contributed by atoms with E-state index in [2.05, 4.69) is 15.9 Å². The molecule has 0 radical (unpaired) electrons. The normalized spacial score (nSPS) is 13.4. The summed E-state index contributed by atoms with van der Waals surface area (Å²) in [7, 11) is 0. The molecule has 26 heavy (non-hydrogen) atoms. The predicted molar refractivity (Wildman–Crippen MR) is 102 cm³/mol. The fourth-order valence-corrected chi connectivity index (χ4v) is 3.61. The van der Waals surface area contributed by atoms with Crippen LogP contribution in [-0.4, -0.2) is 30.1 Å². The van der Waals surface area contributed by atoms with Crippen molar-refractivity contribution in [3.8, 4) is 5.75 Å². The summed E-state index contributed by atoms with van der Waals surface area (Å²) in [4.78, 5) is 27.2. The first-order chi connectivity index (χ1) is 12.6. The van der Waals surface area contributed by atoms with Gasteiger partial charge in [-0.1, -0.05) is 28.1 Å². The molecule has 0 unspecified atom stereocenters. The summed E-state index contributed by atoms with van der Waals surface area (Å²) in [5, 5.41) is 10.3. The lowest BCUT2D eigenvalue weighted by molar-refractivity contribution is 0.0893. The topological polar surface area (TPSA) is 66.8 Å². The standard InChI is InChI=1S/C20H14BrNO4/c21-17-9-8-16-18-14(17)2-1-3-15(18)19(24)22(20(16)25)12-4-6-13(7-5-12)26-11-10-23/h1-9,23H,10-11H2. The van der Waals surface area contributed by atoms with Crippen LogP contribution in [0.1, 0.15) is 20.7 Å². The van der Waals surface area contributed by atoms with E-state index in [0.717, 1.165) is 9.86 Å². The Bertz CT molecular complexity index is 1010. The molecule has 0 saturated heterocycles. The molecule has 5 nitrogen and oxygen atoms in total. The molecular formula is C20H14BrNO4. The van der Waals surface area contributed by atoms with E-state index in [1.165, 1.54) is 4.90 Å². The molecule has 3 aromatic rings. The summed E-state index contributed by atoms with van der Waals surface area (Å²) in [5.41, 5.74) is 1.47. The van der Waals surface area contributed by atoms with Crippen molar-refractivity contribution in [3.63, 3.8) is 0 Å². The maximum Gasteiger partial charge on any atom is 0.265 e. The number of hydrogen-bond donors (Lipinski definition) is 1. The largest absolute Gasteiger partial charge is 0.491 e. The Balaban J connectivity index is 1.79. The highest BCUT2D eigenvalue weighted by atomic mass is 79.9. The van der Waals surface area contributed by atoms with Gasteiger partial charge in [-0.25, -0.2) is 4.90 Å². The number of halogens is 1. The van der Waals surface area contributed by atoms with Crippen molar-refractivity contribution in [2.75, 3.05) is 18.1 Å². The van der Waals surface area contributed by atoms with Crippen molar-refractivity contribution in [3.05, 3.63) is 70.2 Å². The molecule has 6 heteroatoms. The van der Waals surface area contributed by atoms with Gasteiger partial charge in [0, 0.05) is 21.0 Å². The van der Waals surface area contributed by atoms with Crippen molar-refractivity contribution >= 4 is 44.2 Å². The van der Waals surface area contributed by atoms with Gasteiger partial charge in [-0.2, -0.15) is 0 Å². The van der Waals surface area contributed by atoms with Crippen LogP contribution in [-0.2, 0) is 0 Å². The molecule has 0 atom stereocenters. The Morgan fingerprint density at radius 1 is 0.923 bits per heavy atom. The molecule has 0 bridgehead atoms. The van der Waals surface area contributed by atoms with Crippen molar-refractivity contribution < 1.29 is 19.4 Å². The Kier molecular flexibility index (Phi) is 4.22. The van der Waals surface area contributed by atoms with Gasteiger partial charge in [0.25, 0.3) is 11.8 Å². The molecule has 3 aromatic carbocycles. The van der Waals surface area contributed by atoms with Gasteiger partial charge in [0.2, 0.25) is 0 Å². The molecule has 0 fully saturated rings. The molecule has 0 aliphatic carbocycles. The van der Waals surface area contributed by atoms with Crippen LogP contribution in [0.25, 0.3) is 10.8 Å². The Morgan fingerprint density at radius 2 is 1.62 bits per heavy atom. The van der Waals surface area contributed by atoms with Gasteiger partial charge < -0.3 is 9.84 Å². The number of carbonyl (C=O) groups excluding carboxylic acids is 2. The molecule has 1 heterocycles. The highest BCUT2D eigenvalue weighted by molar-refractivity contribution is 9.10. The number of carbonyl (C=O) groups is 2. The smallest absolute Gasteiger partial charge is 0.265 e. The fraction of sp³-hybridized carbons (Fsp3) is 0.100. The van der Waals surface area contributed by atoms with Gasteiger partial charge in [-0.05, 0) is 47.9 Å². The Hall–Kier alpha value is -2.70. The number of benzene rings is 3.